The number of ether oxygens (including phenoxy) is 1. The average Bonchev–Trinajstić information content (AvgIpc) is 2.63. The van der Waals surface area contributed by atoms with Gasteiger partial charge in [-0.3, -0.25) is 0 Å². The van der Waals surface area contributed by atoms with Crippen LogP contribution in [0.15, 0.2) is 42.0 Å². The summed E-state index contributed by atoms with van der Waals surface area (Å²) in [6, 6.07) is 9.88. The highest BCUT2D eigenvalue weighted by atomic mass is 16.5. The number of benzene rings is 1. The highest BCUT2D eigenvalue weighted by molar-refractivity contribution is 5.58. The second-order valence-electron chi connectivity index (χ2n) is 7.32. The smallest absolute Gasteiger partial charge is 0.224 e. The molecule has 1 aromatic heterocycles. The van der Waals surface area contributed by atoms with Crippen molar-refractivity contribution >= 4 is 17.5 Å². The quantitative estimate of drug-likeness (QED) is 0.594. The van der Waals surface area contributed by atoms with Crippen LogP contribution in [0.1, 0.15) is 51.6 Å². The molecular formula is C22H30N4O. The molecule has 2 N–H and O–H groups in total. The van der Waals surface area contributed by atoms with Crippen LogP contribution in [0.3, 0.4) is 0 Å². The molecule has 1 aliphatic carbocycles. The number of rotatable bonds is 8. The highest BCUT2D eigenvalue weighted by Gasteiger charge is 2.06. The molecule has 0 saturated carbocycles. The van der Waals surface area contributed by atoms with E-state index >= 15 is 0 Å². The Morgan fingerprint density at radius 1 is 1.11 bits per heavy atom. The van der Waals surface area contributed by atoms with E-state index in [2.05, 4.69) is 26.7 Å². The van der Waals surface area contributed by atoms with Gasteiger partial charge in [-0.2, -0.15) is 4.98 Å². The molecule has 1 aromatic carbocycles. The summed E-state index contributed by atoms with van der Waals surface area (Å²) in [5.74, 6) is 2.34. The van der Waals surface area contributed by atoms with Crippen LogP contribution in [0.2, 0.25) is 0 Å². The molecule has 3 rings (SSSR count). The summed E-state index contributed by atoms with van der Waals surface area (Å²) >= 11 is 0. The molecule has 0 spiro atoms. The summed E-state index contributed by atoms with van der Waals surface area (Å²) in [6.45, 7) is 6.90. The van der Waals surface area contributed by atoms with Crippen LogP contribution >= 0.6 is 0 Å². The lowest BCUT2D eigenvalue weighted by molar-refractivity contribution is 0.242. The Morgan fingerprint density at radius 2 is 1.93 bits per heavy atom. The molecule has 0 unspecified atom stereocenters. The lowest BCUT2D eigenvalue weighted by Gasteiger charge is -2.14. The van der Waals surface area contributed by atoms with E-state index < -0.39 is 0 Å². The van der Waals surface area contributed by atoms with Crippen molar-refractivity contribution in [1.82, 2.24) is 9.97 Å². The largest absolute Gasteiger partial charge is 0.491 e. The lowest BCUT2D eigenvalue weighted by atomic mass is 9.97. The third-order valence-electron chi connectivity index (χ3n) is 4.47. The molecular weight excluding hydrogens is 336 g/mol. The second kappa shape index (κ2) is 9.40. The fraction of sp³-hybridized carbons (Fsp3) is 0.455. The summed E-state index contributed by atoms with van der Waals surface area (Å²) in [6.07, 6.45) is 8.75. The number of aromatic nitrogens is 2. The summed E-state index contributed by atoms with van der Waals surface area (Å²) in [7, 11) is 0. The average molecular weight is 367 g/mol. The van der Waals surface area contributed by atoms with Crippen molar-refractivity contribution in [3.63, 3.8) is 0 Å². The minimum Gasteiger partial charge on any atom is -0.491 e. The van der Waals surface area contributed by atoms with Crippen molar-refractivity contribution in [1.29, 1.82) is 0 Å². The van der Waals surface area contributed by atoms with Gasteiger partial charge in [0.1, 0.15) is 11.6 Å². The zero-order valence-corrected chi connectivity index (χ0v) is 16.6. The van der Waals surface area contributed by atoms with Crippen molar-refractivity contribution in [3.05, 3.63) is 47.7 Å². The van der Waals surface area contributed by atoms with E-state index in [4.69, 9.17) is 4.74 Å². The first kappa shape index (κ1) is 19.2. The molecule has 5 nitrogen and oxygen atoms in total. The Labute approximate surface area is 162 Å². The standard InChI is InChI=1S/C22H30N4O/c1-16(2)27-20-11-9-19(10-12-20)25-21-15-17(3)24-22(26-21)23-14-13-18-7-5-4-6-8-18/h7,9-12,15-16H,4-6,8,13-14H2,1-3H3,(H2,23,24,25,26). The zero-order valence-electron chi connectivity index (χ0n) is 16.6. The fourth-order valence-corrected chi connectivity index (χ4v) is 3.22. The Bertz CT molecular complexity index is 768. The third kappa shape index (κ3) is 6.27. The topological polar surface area (TPSA) is 59.1 Å². The first-order valence-electron chi connectivity index (χ1n) is 9.90. The molecule has 0 saturated heterocycles. The minimum absolute atomic E-state index is 0.173. The second-order valence-corrected chi connectivity index (χ2v) is 7.32. The van der Waals surface area contributed by atoms with Crippen molar-refractivity contribution in [3.8, 4) is 5.75 Å². The van der Waals surface area contributed by atoms with Crippen LogP contribution in [-0.2, 0) is 0 Å². The van der Waals surface area contributed by atoms with Gasteiger partial charge in [0, 0.05) is 24.0 Å². The van der Waals surface area contributed by atoms with E-state index in [0.717, 1.165) is 35.9 Å². The Hall–Kier alpha value is -2.56. The number of nitrogens with zero attached hydrogens (tertiary/aromatic N) is 2. The zero-order chi connectivity index (χ0) is 19.1. The molecule has 0 amide bonds. The van der Waals surface area contributed by atoms with Crippen LogP contribution in [-0.4, -0.2) is 22.6 Å². The summed E-state index contributed by atoms with van der Waals surface area (Å²) < 4.78 is 5.68. The van der Waals surface area contributed by atoms with Gasteiger partial charge in [0.25, 0.3) is 0 Å². The molecule has 5 heteroatoms. The lowest BCUT2D eigenvalue weighted by Crippen LogP contribution is -2.09. The molecule has 0 atom stereocenters. The molecule has 2 aromatic rings. The Balaban J connectivity index is 1.58. The van der Waals surface area contributed by atoms with E-state index in [1.165, 1.54) is 25.7 Å². The van der Waals surface area contributed by atoms with Crippen molar-refractivity contribution < 1.29 is 4.74 Å². The predicted octanol–water partition coefficient (Wildman–Crippen LogP) is 5.62. The van der Waals surface area contributed by atoms with Gasteiger partial charge < -0.3 is 15.4 Å². The predicted molar refractivity (Wildman–Crippen MR) is 112 cm³/mol. The number of allylic oxidation sites excluding steroid dienone is 1. The minimum atomic E-state index is 0.173. The normalized spacial score (nSPS) is 14.0. The van der Waals surface area contributed by atoms with Gasteiger partial charge in [-0.15, -0.1) is 0 Å². The van der Waals surface area contributed by atoms with Gasteiger partial charge in [0.05, 0.1) is 6.10 Å². The SMILES string of the molecule is Cc1cc(Nc2ccc(OC(C)C)cc2)nc(NCCC2=CCCCC2)n1. The van der Waals surface area contributed by atoms with Crippen LogP contribution in [0.25, 0.3) is 0 Å². The van der Waals surface area contributed by atoms with Crippen molar-refractivity contribution in [2.75, 3.05) is 17.2 Å². The molecule has 27 heavy (non-hydrogen) atoms. The van der Waals surface area contributed by atoms with Crippen LogP contribution in [0, 0.1) is 6.92 Å². The maximum atomic E-state index is 5.68. The van der Waals surface area contributed by atoms with Gasteiger partial charge in [-0.05, 0) is 77.1 Å². The first-order valence-corrected chi connectivity index (χ1v) is 9.90. The van der Waals surface area contributed by atoms with Gasteiger partial charge >= 0.3 is 0 Å². The number of hydrogen-bond donors (Lipinski definition) is 2. The van der Waals surface area contributed by atoms with E-state index in [9.17, 15) is 0 Å². The van der Waals surface area contributed by atoms with E-state index in [1.54, 1.807) is 5.57 Å². The number of aryl methyl sites for hydroxylation is 1. The van der Waals surface area contributed by atoms with E-state index in [-0.39, 0.29) is 6.10 Å². The molecule has 0 bridgehead atoms. The molecule has 0 radical (unpaired) electrons. The van der Waals surface area contributed by atoms with Crippen LogP contribution in [0.5, 0.6) is 5.75 Å². The van der Waals surface area contributed by atoms with Crippen LogP contribution < -0.4 is 15.4 Å². The van der Waals surface area contributed by atoms with Gasteiger partial charge in [0.15, 0.2) is 0 Å². The fourth-order valence-electron chi connectivity index (χ4n) is 3.22. The number of hydrogen-bond acceptors (Lipinski definition) is 5. The molecule has 0 aliphatic heterocycles. The maximum Gasteiger partial charge on any atom is 0.224 e. The van der Waals surface area contributed by atoms with E-state index in [0.29, 0.717) is 5.95 Å². The number of anilines is 3. The van der Waals surface area contributed by atoms with Crippen molar-refractivity contribution in [2.24, 2.45) is 0 Å². The third-order valence-corrected chi connectivity index (χ3v) is 4.47. The summed E-state index contributed by atoms with van der Waals surface area (Å²) in [4.78, 5) is 9.10. The van der Waals surface area contributed by atoms with Gasteiger partial charge in [0.2, 0.25) is 5.95 Å². The van der Waals surface area contributed by atoms with Crippen LogP contribution in [0.4, 0.5) is 17.5 Å². The highest BCUT2D eigenvalue weighted by Crippen LogP contribution is 2.22. The monoisotopic (exact) mass is 366 g/mol. The molecule has 144 valence electrons. The first-order chi connectivity index (χ1) is 13.1. The molecule has 1 aliphatic rings. The van der Waals surface area contributed by atoms with Crippen molar-refractivity contribution in [2.45, 2.75) is 59.0 Å². The molecule has 0 fully saturated rings. The van der Waals surface area contributed by atoms with Gasteiger partial charge in [-0.25, -0.2) is 4.98 Å². The maximum absolute atomic E-state index is 5.68. The Morgan fingerprint density at radius 3 is 2.63 bits per heavy atom. The summed E-state index contributed by atoms with van der Waals surface area (Å²) in [5.41, 5.74) is 3.47. The van der Waals surface area contributed by atoms with E-state index in [1.807, 2.05) is 51.1 Å². The molecule has 1 heterocycles. The summed E-state index contributed by atoms with van der Waals surface area (Å²) in [5, 5.41) is 6.71. The Kier molecular flexibility index (Phi) is 6.69. The number of nitrogens with one attached hydrogen (secondary N) is 2. The van der Waals surface area contributed by atoms with Gasteiger partial charge in [-0.1, -0.05) is 11.6 Å².